The Bertz CT molecular complexity index is 330. The molecule has 1 unspecified atom stereocenters. The quantitative estimate of drug-likeness (QED) is 0.613. The highest BCUT2D eigenvalue weighted by atomic mass is 16.2. The lowest BCUT2D eigenvalue weighted by Crippen LogP contribution is -2.41. The number of nitrogens with zero attached hydrogens (tertiary/aromatic N) is 1. The Morgan fingerprint density at radius 1 is 1.73 bits per heavy atom. The number of nitrogens with two attached hydrogens (primary N) is 1. The van der Waals surface area contributed by atoms with Gasteiger partial charge in [0.25, 0.3) is 0 Å². The van der Waals surface area contributed by atoms with Gasteiger partial charge in [0.05, 0.1) is 6.34 Å². The lowest BCUT2D eigenvalue weighted by atomic mass is 10.1. The van der Waals surface area contributed by atoms with Crippen molar-refractivity contribution in [3.05, 3.63) is 11.4 Å². The number of carbonyl (C=O) groups is 1. The Labute approximate surface area is 88.8 Å². The minimum Gasteiger partial charge on any atom is -0.385 e. The molecule has 0 bridgehead atoms. The predicted molar refractivity (Wildman–Crippen MR) is 57.8 cm³/mol. The van der Waals surface area contributed by atoms with E-state index < -0.39 is 0 Å². The van der Waals surface area contributed by atoms with Gasteiger partial charge in [-0.05, 0) is 19.3 Å². The highest BCUT2D eigenvalue weighted by molar-refractivity contribution is 5.81. The van der Waals surface area contributed by atoms with Crippen molar-refractivity contribution >= 4 is 12.2 Å². The van der Waals surface area contributed by atoms with E-state index in [9.17, 15) is 4.79 Å². The number of amides is 1. The molecule has 0 saturated heterocycles. The summed E-state index contributed by atoms with van der Waals surface area (Å²) in [4.78, 5) is 15.7. The molecule has 2 rings (SSSR count). The summed E-state index contributed by atoms with van der Waals surface area (Å²) >= 11 is 0. The molecule has 0 radical (unpaired) electrons. The minimum absolute atomic E-state index is 0.0952. The van der Waals surface area contributed by atoms with Crippen LogP contribution in [0, 0.1) is 5.92 Å². The third-order valence-electron chi connectivity index (χ3n) is 2.73. The second-order valence-corrected chi connectivity index (χ2v) is 3.90. The molecule has 0 spiro atoms. The fraction of sp³-hybridized carbons (Fsp3) is 0.600. The molecular formula is C10H16N4O. The van der Waals surface area contributed by atoms with Gasteiger partial charge in [-0.1, -0.05) is 6.92 Å². The SMILES string of the molecule is CCC1=C(N)NC=NC1NC(=O)C1CC1. The van der Waals surface area contributed by atoms with Crippen molar-refractivity contribution in [1.82, 2.24) is 10.6 Å². The molecule has 2 aliphatic rings. The largest absolute Gasteiger partial charge is 0.385 e. The Hall–Kier alpha value is -1.52. The summed E-state index contributed by atoms with van der Waals surface area (Å²) in [5.41, 5.74) is 6.72. The average Bonchev–Trinajstić information content (AvgIpc) is 3.01. The predicted octanol–water partition coefficient (Wildman–Crippen LogP) is 0.0505. The smallest absolute Gasteiger partial charge is 0.225 e. The molecule has 1 heterocycles. The van der Waals surface area contributed by atoms with E-state index in [1.54, 1.807) is 0 Å². The molecule has 1 aliphatic carbocycles. The number of rotatable bonds is 3. The number of carbonyl (C=O) groups excluding carboxylic acids is 1. The second-order valence-electron chi connectivity index (χ2n) is 3.90. The molecule has 1 fully saturated rings. The first-order chi connectivity index (χ1) is 7.22. The van der Waals surface area contributed by atoms with E-state index in [1.807, 2.05) is 6.92 Å². The zero-order chi connectivity index (χ0) is 10.8. The van der Waals surface area contributed by atoms with E-state index in [4.69, 9.17) is 5.73 Å². The summed E-state index contributed by atoms with van der Waals surface area (Å²) in [5, 5.41) is 5.74. The molecule has 0 aromatic heterocycles. The van der Waals surface area contributed by atoms with Crippen LogP contribution in [0.3, 0.4) is 0 Å². The van der Waals surface area contributed by atoms with Crippen LogP contribution in [-0.4, -0.2) is 18.4 Å². The molecule has 1 saturated carbocycles. The van der Waals surface area contributed by atoms with Crippen molar-refractivity contribution in [2.75, 3.05) is 0 Å². The van der Waals surface area contributed by atoms with Crippen molar-refractivity contribution in [2.24, 2.45) is 16.6 Å². The molecule has 5 heteroatoms. The monoisotopic (exact) mass is 208 g/mol. The molecule has 15 heavy (non-hydrogen) atoms. The molecule has 4 N–H and O–H groups in total. The normalized spacial score (nSPS) is 25.0. The zero-order valence-electron chi connectivity index (χ0n) is 8.79. The molecule has 0 aromatic carbocycles. The topological polar surface area (TPSA) is 79.5 Å². The maximum absolute atomic E-state index is 11.6. The van der Waals surface area contributed by atoms with Crippen molar-refractivity contribution in [1.29, 1.82) is 0 Å². The van der Waals surface area contributed by atoms with Crippen LogP contribution in [-0.2, 0) is 4.79 Å². The Balaban J connectivity index is 2.03. The van der Waals surface area contributed by atoms with Crippen LogP contribution in [0.2, 0.25) is 0 Å². The summed E-state index contributed by atoms with van der Waals surface area (Å²) in [6, 6.07) is 0. The van der Waals surface area contributed by atoms with E-state index in [-0.39, 0.29) is 18.0 Å². The van der Waals surface area contributed by atoms with Crippen LogP contribution in [0.5, 0.6) is 0 Å². The first kappa shape index (κ1) is 10.0. The highest BCUT2D eigenvalue weighted by Gasteiger charge is 2.32. The van der Waals surface area contributed by atoms with Gasteiger partial charge in [-0.3, -0.25) is 4.79 Å². The lowest BCUT2D eigenvalue weighted by molar-refractivity contribution is -0.122. The number of aliphatic imine (C=N–C) groups is 1. The fourth-order valence-electron chi connectivity index (χ4n) is 1.62. The summed E-state index contributed by atoms with van der Waals surface area (Å²) in [6.45, 7) is 2.00. The first-order valence-corrected chi connectivity index (χ1v) is 5.29. The highest BCUT2D eigenvalue weighted by Crippen LogP contribution is 2.29. The first-order valence-electron chi connectivity index (χ1n) is 5.29. The second kappa shape index (κ2) is 3.92. The summed E-state index contributed by atoms with van der Waals surface area (Å²) in [6.07, 6.45) is 4.05. The Morgan fingerprint density at radius 2 is 2.47 bits per heavy atom. The summed E-state index contributed by atoms with van der Waals surface area (Å²) < 4.78 is 0. The van der Waals surface area contributed by atoms with Gasteiger partial charge in [0.1, 0.15) is 12.0 Å². The maximum Gasteiger partial charge on any atom is 0.225 e. The van der Waals surface area contributed by atoms with Gasteiger partial charge in [-0.15, -0.1) is 0 Å². The van der Waals surface area contributed by atoms with Crippen LogP contribution in [0.15, 0.2) is 16.4 Å². The van der Waals surface area contributed by atoms with Crippen LogP contribution >= 0.6 is 0 Å². The van der Waals surface area contributed by atoms with Gasteiger partial charge in [-0.2, -0.15) is 0 Å². The van der Waals surface area contributed by atoms with Crippen molar-refractivity contribution in [3.63, 3.8) is 0 Å². The Kier molecular flexibility index (Phi) is 2.62. The lowest BCUT2D eigenvalue weighted by Gasteiger charge is -2.22. The third-order valence-corrected chi connectivity index (χ3v) is 2.73. The molecule has 82 valence electrons. The number of hydrogen-bond acceptors (Lipinski definition) is 4. The summed E-state index contributed by atoms with van der Waals surface area (Å²) in [5.74, 6) is 0.904. The minimum atomic E-state index is -0.274. The third kappa shape index (κ3) is 2.11. The van der Waals surface area contributed by atoms with E-state index in [0.29, 0.717) is 5.82 Å². The van der Waals surface area contributed by atoms with Crippen LogP contribution < -0.4 is 16.4 Å². The molecule has 1 amide bonds. The van der Waals surface area contributed by atoms with Crippen molar-refractivity contribution < 1.29 is 4.79 Å². The van der Waals surface area contributed by atoms with Crippen LogP contribution in [0.4, 0.5) is 0 Å². The number of hydrogen-bond donors (Lipinski definition) is 3. The zero-order valence-corrected chi connectivity index (χ0v) is 8.79. The molecule has 1 atom stereocenters. The van der Waals surface area contributed by atoms with E-state index in [0.717, 1.165) is 24.8 Å². The van der Waals surface area contributed by atoms with Gasteiger partial charge >= 0.3 is 0 Å². The van der Waals surface area contributed by atoms with Crippen LogP contribution in [0.1, 0.15) is 26.2 Å². The Morgan fingerprint density at radius 3 is 3.07 bits per heavy atom. The standard InChI is InChI=1S/C10H16N4O/c1-2-7-8(11)12-5-13-9(7)14-10(15)6-3-4-6/h5-6,9H,2-4,11H2,1H3,(H,12,13)(H,14,15). The van der Waals surface area contributed by atoms with Crippen molar-refractivity contribution in [2.45, 2.75) is 32.4 Å². The van der Waals surface area contributed by atoms with Gasteiger partial charge in [0.15, 0.2) is 0 Å². The average molecular weight is 208 g/mol. The molecular weight excluding hydrogens is 192 g/mol. The van der Waals surface area contributed by atoms with E-state index in [2.05, 4.69) is 15.6 Å². The van der Waals surface area contributed by atoms with Gasteiger partial charge in [0.2, 0.25) is 5.91 Å². The molecule has 1 aliphatic heterocycles. The fourth-order valence-corrected chi connectivity index (χ4v) is 1.62. The van der Waals surface area contributed by atoms with Crippen molar-refractivity contribution in [3.8, 4) is 0 Å². The maximum atomic E-state index is 11.6. The van der Waals surface area contributed by atoms with Gasteiger partial charge < -0.3 is 16.4 Å². The molecule has 5 nitrogen and oxygen atoms in total. The van der Waals surface area contributed by atoms with Gasteiger partial charge in [0, 0.05) is 11.5 Å². The molecule has 0 aromatic rings. The van der Waals surface area contributed by atoms with E-state index >= 15 is 0 Å². The van der Waals surface area contributed by atoms with E-state index in [1.165, 1.54) is 6.34 Å². The summed E-state index contributed by atoms with van der Waals surface area (Å²) in [7, 11) is 0. The van der Waals surface area contributed by atoms with Crippen LogP contribution in [0.25, 0.3) is 0 Å². The van der Waals surface area contributed by atoms with Gasteiger partial charge in [-0.25, -0.2) is 4.99 Å². The number of nitrogens with one attached hydrogen (secondary N) is 2.